The number of amides is 2. The summed E-state index contributed by atoms with van der Waals surface area (Å²) in [5, 5.41) is 23.8. The number of ether oxygens (including phenoxy) is 2. The first-order valence-corrected chi connectivity index (χ1v) is 10.8. The highest BCUT2D eigenvalue weighted by Crippen LogP contribution is 2.20. The average Bonchev–Trinajstić information content (AvgIpc) is 2.83. The van der Waals surface area contributed by atoms with Crippen molar-refractivity contribution in [1.82, 2.24) is 10.6 Å². The summed E-state index contributed by atoms with van der Waals surface area (Å²) in [4.78, 5) is 22.6. The summed E-state index contributed by atoms with van der Waals surface area (Å²) in [5.74, 6) is 0. The highest BCUT2D eigenvalue weighted by Gasteiger charge is 2.31. The van der Waals surface area contributed by atoms with Crippen LogP contribution in [0.1, 0.15) is 36.8 Å². The Bertz CT molecular complexity index is 777. The minimum absolute atomic E-state index is 0.136. The van der Waals surface area contributed by atoms with Gasteiger partial charge in [0.25, 0.3) is 0 Å². The van der Waals surface area contributed by atoms with Crippen LogP contribution in [-0.4, -0.2) is 46.7 Å². The number of rotatable bonds is 6. The lowest BCUT2D eigenvalue weighted by atomic mass is 9.89. The van der Waals surface area contributed by atoms with Gasteiger partial charge in [-0.1, -0.05) is 60.7 Å². The lowest BCUT2D eigenvalue weighted by molar-refractivity contribution is 0.0440. The van der Waals surface area contributed by atoms with Crippen molar-refractivity contribution in [2.24, 2.45) is 0 Å². The molecule has 8 nitrogen and oxygen atoms in total. The van der Waals surface area contributed by atoms with Crippen LogP contribution in [0.5, 0.6) is 0 Å². The second kappa shape index (κ2) is 12.1. The summed E-state index contributed by atoms with van der Waals surface area (Å²) < 4.78 is 10.0. The number of aliphatic hydroxyl groups is 2. The number of carbonyl (C=O) groups is 2. The fourth-order valence-corrected chi connectivity index (χ4v) is 3.13. The number of benzene rings is 2. The van der Waals surface area contributed by atoms with E-state index in [1.807, 2.05) is 60.7 Å². The van der Waals surface area contributed by atoms with Crippen molar-refractivity contribution in [2.45, 2.75) is 63.2 Å². The van der Waals surface area contributed by atoms with Crippen LogP contribution in [0.15, 0.2) is 60.7 Å². The third kappa shape index (κ3) is 7.55. The molecule has 4 atom stereocenters. The van der Waals surface area contributed by atoms with E-state index in [4.69, 9.17) is 9.47 Å². The number of hydrogen-bond donors (Lipinski definition) is 4. The van der Waals surface area contributed by atoms with E-state index in [0.717, 1.165) is 36.8 Å². The molecule has 2 aromatic rings. The van der Waals surface area contributed by atoms with Crippen molar-refractivity contribution < 1.29 is 29.3 Å². The Kier molecular flexibility index (Phi) is 8.89. The van der Waals surface area contributed by atoms with Gasteiger partial charge in [-0.2, -0.15) is 0 Å². The van der Waals surface area contributed by atoms with E-state index < -0.39 is 24.4 Å². The Morgan fingerprint density at radius 2 is 1.06 bits per heavy atom. The van der Waals surface area contributed by atoms with Gasteiger partial charge in [-0.15, -0.1) is 0 Å². The van der Waals surface area contributed by atoms with E-state index in [0.29, 0.717) is 0 Å². The van der Waals surface area contributed by atoms with E-state index in [1.165, 1.54) is 0 Å². The van der Waals surface area contributed by atoms with Crippen LogP contribution in [0, 0.1) is 0 Å². The van der Waals surface area contributed by atoms with Crippen LogP contribution in [0.2, 0.25) is 0 Å². The van der Waals surface area contributed by atoms with Gasteiger partial charge in [0.2, 0.25) is 0 Å². The highest BCUT2D eigenvalue weighted by molar-refractivity contribution is 5.68. The molecule has 2 fully saturated rings. The molecule has 8 heteroatoms. The zero-order chi connectivity index (χ0) is 22.8. The van der Waals surface area contributed by atoms with Crippen molar-refractivity contribution in [3.05, 3.63) is 71.8 Å². The molecule has 0 saturated heterocycles. The Morgan fingerprint density at radius 3 is 1.34 bits per heavy atom. The number of hydrogen-bond acceptors (Lipinski definition) is 6. The van der Waals surface area contributed by atoms with Crippen LogP contribution in [0.25, 0.3) is 0 Å². The maximum absolute atomic E-state index is 11.3. The lowest BCUT2D eigenvalue weighted by Crippen LogP contribution is -2.50. The van der Waals surface area contributed by atoms with Crippen molar-refractivity contribution in [2.75, 3.05) is 0 Å². The molecular formula is C24H30N2O6. The number of carbonyl (C=O) groups excluding carboxylic acids is 2. The van der Waals surface area contributed by atoms with Crippen molar-refractivity contribution in [3.63, 3.8) is 0 Å². The van der Waals surface area contributed by atoms with Crippen molar-refractivity contribution in [1.29, 1.82) is 0 Å². The van der Waals surface area contributed by atoms with Crippen LogP contribution < -0.4 is 10.6 Å². The summed E-state index contributed by atoms with van der Waals surface area (Å²) in [6.07, 6.45) is 1.39. The molecule has 0 bridgehead atoms. The van der Waals surface area contributed by atoms with Gasteiger partial charge in [-0.3, -0.25) is 0 Å². The molecule has 4 rings (SSSR count). The van der Waals surface area contributed by atoms with Gasteiger partial charge in [-0.05, 0) is 36.8 Å². The summed E-state index contributed by atoms with van der Waals surface area (Å²) >= 11 is 0. The van der Waals surface area contributed by atoms with Gasteiger partial charge < -0.3 is 30.3 Å². The van der Waals surface area contributed by atoms with Gasteiger partial charge in [0.05, 0.1) is 24.3 Å². The first kappa shape index (κ1) is 23.6. The van der Waals surface area contributed by atoms with Crippen LogP contribution >= 0.6 is 0 Å². The average molecular weight is 443 g/mol. The third-order valence-corrected chi connectivity index (χ3v) is 5.51. The summed E-state index contributed by atoms with van der Waals surface area (Å²) in [5.41, 5.74) is 1.90. The molecule has 32 heavy (non-hydrogen) atoms. The highest BCUT2D eigenvalue weighted by atomic mass is 16.6. The minimum Gasteiger partial charge on any atom is -0.445 e. The van der Waals surface area contributed by atoms with Crippen LogP contribution in [-0.2, 0) is 22.7 Å². The van der Waals surface area contributed by atoms with Gasteiger partial charge in [-0.25, -0.2) is 9.59 Å². The summed E-state index contributed by atoms with van der Waals surface area (Å²) in [7, 11) is 0. The molecule has 172 valence electrons. The molecule has 0 heterocycles. The summed E-state index contributed by atoms with van der Waals surface area (Å²) in [6, 6.07) is 18.7. The molecule has 0 unspecified atom stereocenters. The van der Waals surface area contributed by atoms with Gasteiger partial charge in [0.15, 0.2) is 0 Å². The Labute approximate surface area is 187 Å². The standard InChI is InChI=1S/2C12H15NO3/c2*14-11-7-6-10(11)13-12(15)16-8-9-4-2-1-3-5-9/h2*1-5,10-11,14H,6-8H2,(H,13,15)/t2*10-,11-/m10/s1. The van der Waals surface area contributed by atoms with Crippen LogP contribution in [0.3, 0.4) is 0 Å². The van der Waals surface area contributed by atoms with Crippen LogP contribution in [0.4, 0.5) is 9.59 Å². The molecule has 0 aromatic heterocycles. The van der Waals surface area contributed by atoms with Crippen molar-refractivity contribution in [3.8, 4) is 0 Å². The quantitative estimate of drug-likeness (QED) is 0.547. The predicted molar refractivity (Wildman–Crippen MR) is 118 cm³/mol. The van der Waals surface area contributed by atoms with E-state index in [9.17, 15) is 19.8 Å². The minimum atomic E-state index is -0.465. The third-order valence-electron chi connectivity index (χ3n) is 5.51. The Hall–Kier alpha value is -3.10. The molecule has 4 N–H and O–H groups in total. The summed E-state index contributed by atoms with van der Waals surface area (Å²) in [6.45, 7) is 0.519. The zero-order valence-corrected chi connectivity index (χ0v) is 17.9. The van der Waals surface area contributed by atoms with Gasteiger partial charge in [0, 0.05) is 0 Å². The van der Waals surface area contributed by atoms with Gasteiger partial charge in [0.1, 0.15) is 13.2 Å². The Morgan fingerprint density at radius 1 is 0.688 bits per heavy atom. The molecule has 0 aliphatic heterocycles. The Balaban J connectivity index is 0.000000181. The molecule has 2 aliphatic carbocycles. The molecule has 2 amide bonds. The monoisotopic (exact) mass is 442 g/mol. The lowest BCUT2D eigenvalue weighted by Gasteiger charge is -2.32. The fraction of sp³-hybridized carbons (Fsp3) is 0.417. The predicted octanol–water partition coefficient (Wildman–Crippen LogP) is 2.87. The molecule has 2 saturated carbocycles. The normalized spacial score (nSPS) is 23.3. The topological polar surface area (TPSA) is 117 Å². The van der Waals surface area contributed by atoms with E-state index in [2.05, 4.69) is 10.6 Å². The number of nitrogens with one attached hydrogen (secondary N) is 2. The van der Waals surface area contributed by atoms with E-state index in [1.54, 1.807) is 0 Å². The smallest absolute Gasteiger partial charge is 0.407 e. The maximum Gasteiger partial charge on any atom is 0.407 e. The second-order valence-corrected chi connectivity index (χ2v) is 7.91. The largest absolute Gasteiger partial charge is 0.445 e. The number of aliphatic hydroxyl groups excluding tert-OH is 2. The molecule has 0 spiro atoms. The first-order chi connectivity index (χ1) is 15.5. The molecule has 2 aromatic carbocycles. The maximum atomic E-state index is 11.3. The fourth-order valence-electron chi connectivity index (χ4n) is 3.13. The first-order valence-electron chi connectivity index (χ1n) is 10.8. The second-order valence-electron chi connectivity index (χ2n) is 7.91. The zero-order valence-electron chi connectivity index (χ0n) is 17.9. The molecule has 0 radical (unpaired) electrons. The molecule has 2 aliphatic rings. The molecular weight excluding hydrogens is 412 g/mol. The SMILES string of the molecule is O=C(N[C@@H]1CC[C@H]1O)OCc1ccccc1.O=C(N[C@H]1CC[C@@H]1O)OCc1ccccc1. The van der Waals surface area contributed by atoms with E-state index in [-0.39, 0.29) is 25.3 Å². The number of alkyl carbamates (subject to hydrolysis) is 2. The van der Waals surface area contributed by atoms with Gasteiger partial charge >= 0.3 is 12.2 Å². The van der Waals surface area contributed by atoms with Crippen molar-refractivity contribution >= 4 is 12.2 Å². The van der Waals surface area contributed by atoms with E-state index >= 15 is 0 Å².